The minimum absolute atomic E-state index is 0.0538. The van der Waals surface area contributed by atoms with E-state index in [2.05, 4.69) is 56.1 Å². The Kier molecular flexibility index (Phi) is 6.05. The van der Waals surface area contributed by atoms with E-state index in [-0.39, 0.29) is 11.1 Å². The van der Waals surface area contributed by atoms with Crippen molar-refractivity contribution < 1.29 is 4.79 Å². The van der Waals surface area contributed by atoms with Crippen molar-refractivity contribution in [3.05, 3.63) is 69.8 Å². The molecule has 0 saturated carbocycles. The summed E-state index contributed by atoms with van der Waals surface area (Å²) in [5.41, 5.74) is 5.96. The van der Waals surface area contributed by atoms with Gasteiger partial charge in [0.2, 0.25) is 0 Å². The molecule has 0 fully saturated rings. The Morgan fingerprint density at radius 3 is 2.50 bits per heavy atom. The lowest BCUT2D eigenvalue weighted by atomic mass is 9.86. The van der Waals surface area contributed by atoms with E-state index in [9.17, 15) is 10.1 Å². The zero-order valence-corrected chi connectivity index (χ0v) is 18.8. The van der Waals surface area contributed by atoms with Gasteiger partial charge in [-0.25, -0.2) is 0 Å². The van der Waals surface area contributed by atoms with Gasteiger partial charge in [-0.05, 0) is 93.8 Å². The molecule has 1 aliphatic rings. The molecule has 30 heavy (non-hydrogen) atoms. The smallest absolute Gasteiger partial charge is 0.266 e. The number of carbonyl (C=O) groups excluding carboxylic acids is 1. The summed E-state index contributed by atoms with van der Waals surface area (Å²) in [5, 5.41) is 12.9. The van der Waals surface area contributed by atoms with Crippen molar-refractivity contribution in [3.63, 3.8) is 0 Å². The van der Waals surface area contributed by atoms with E-state index in [0.717, 1.165) is 23.2 Å². The lowest BCUT2D eigenvalue weighted by Gasteiger charge is -2.43. The molecule has 2 aromatic carbocycles. The molecule has 5 heteroatoms. The zero-order chi connectivity index (χ0) is 22.1. The fourth-order valence-electron chi connectivity index (χ4n) is 4.01. The van der Waals surface area contributed by atoms with Gasteiger partial charge < -0.3 is 10.2 Å². The quantitative estimate of drug-likeness (QED) is 0.473. The van der Waals surface area contributed by atoms with Crippen molar-refractivity contribution >= 4 is 40.5 Å². The van der Waals surface area contributed by atoms with Gasteiger partial charge in [-0.1, -0.05) is 17.7 Å². The number of allylic oxidation sites excluding steroid dienone is 1. The third kappa shape index (κ3) is 4.27. The van der Waals surface area contributed by atoms with E-state index in [1.165, 1.54) is 11.3 Å². The Hall–Kier alpha value is -3.03. The number of anilines is 2. The van der Waals surface area contributed by atoms with Gasteiger partial charge in [0.15, 0.2) is 0 Å². The van der Waals surface area contributed by atoms with Crippen LogP contribution in [0.5, 0.6) is 0 Å². The first-order chi connectivity index (χ1) is 14.2. The van der Waals surface area contributed by atoms with Crippen molar-refractivity contribution in [1.82, 2.24) is 0 Å². The Bertz CT molecular complexity index is 1090. The fourth-order valence-corrected chi connectivity index (χ4v) is 4.14. The number of carbonyl (C=O) groups is 1. The largest absolute Gasteiger partial charge is 0.363 e. The highest BCUT2D eigenvalue weighted by Crippen LogP contribution is 2.40. The van der Waals surface area contributed by atoms with Gasteiger partial charge in [-0.15, -0.1) is 0 Å². The number of amides is 1. The number of hydrogen-bond donors (Lipinski definition) is 1. The molecule has 0 saturated heterocycles. The van der Waals surface area contributed by atoms with E-state index in [1.807, 2.05) is 13.0 Å². The summed E-state index contributed by atoms with van der Waals surface area (Å²) in [6.07, 6.45) is 3.92. The Balaban J connectivity index is 1.98. The standard InChI is InChI=1S/C25H26ClN3O/c1-6-29-23-11-16(2)18(13-22(23)17(3)14-25(29,4)5)12-19(15-27)24(30)28-21-9-7-20(26)8-10-21/h7-14H,6H2,1-5H3,(H,28,30)/b19-12-. The van der Waals surface area contributed by atoms with Gasteiger partial charge in [0, 0.05) is 28.5 Å². The highest BCUT2D eigenvalue weighted by molar-refractivity contribution is 6.30. The molecular formula is C25H26ClN3O. The van der Waals surface area contributed by atoms with Gasteiger partial charge in [-0.2, -0.15) is 5.26 Å². The number of nitrogens with one attached hydrogen (secondary N) is 1. The summed E-state index contributed by atoms with van der Waals surface area (Å²) in [7, 11) is 0. The maximum absolute atomic E-state index is 12.6. The molecule has 1 aliphatic heterocycles. The monoisotopic (exact) mass is 419 g/mol. The molecule has 0 spiro atoms. The van der Waals surface area contributed by atoms with Gasteiger partial charge in [-0.3, -0.25) is 4.79 Å². The summed E-state index contributed by atoms with van der Waals surface area (Å²) in [4.78, 5) is 15.0. The number of aryl methyl sites for hydroxylation is 1. The topological polar surface area (TPSA) is 56.1 Å². The number of halogens is 1. The molecule has 1 heterocycles. The number of likely N-dealkylation sites (N-methyl/N-ethyl adjacent to an activating group) is 1. The van der Waals surface area contributed by atoms with Crippen LogP contribution in [-0.2, 0) is 4.79 Å². The molecule has 0 atom stereocenters. The maximum atomic E-state index is 12.6. The van der Waals surface area contributed by atoms with Gasteiger partial charge in [0.25, 0.3) is 5.91 Å². The number of rotatable bonds is 4. The second-order valence-electron chi connectivity index (χ2n) is 8.08. The third-order valence-corrected chi connectivity index (χ3v) is 5.70. The Morgan fingerprint density at radius 2 is 1.90 bits per heavy atom. The minimum atomic E-state index is -0.444. The van der Waals surface area contributed by atoms with E-state index in [4.69, 9.17) is 11.6 Å². The third-order valence-electron chi connectivity index (χ3n) is 5.45. The van der Waals surface area contributed by atoms with Crippen LogP contribution in [0.4, 0.5) is 11.4 Å². The fraction of sp³-hybridized carbons (Fsp3) is 0.280. The molecule has 2 aromatic rings. The predicted octanol–water partition coefficient (Wildman–Crippen LogP) is 6.22. The Labute approximate surface area is 183 Å². The average Bonchev–Trinajstić information content (AvgIpc) is 2.68. The first-order valence-electron chi connectivity index (χ1n) is 9.97. The molecule has 4 nitrogen and oxygen atoms in total. The summed E-state index contributed by atoms with van der Waals surface area (Å²) in [6.45, 7) is 11.6. The second kappa shape index (κ2) is 8.38. The molecule has 154 valence electrons. The molecule has 3 rings (SSSR count). The van der Waals surface area contributed by atoms with Crippen LogP contribution in [0.3, 0.4) is 0 Å². The molecule has 1 N–H and O–H groups in total. The molecule has 0 aromatic heterocycles. The number of nitrogens with zero attached hydrogens (tertiary/aromatic N) is 2. The summed E-state index contributed by atoms with van der Waals surface area (Å²) in [6, 6.07) is 13.0. The highest BCUT2D eigenvalue weighted by atomic mass is 35.5. The second-order valence-corrected chi connectivity index (χ2v) is 8.52. The maximum Gasteiger partial charge on any atom is 0.266 e. The molecular weight excluding hydrogens is 394 g/mol. The summed E-state index contributed by atoms with van der Waals surface area (Å²) < 4.78 is 0. The minimum Gasteiger partial charge on any atom is -0.363 e. The van der Waals surface area contributed by atoms with Crippen LogP contribution in [0.25, 0.3) is 11.6 Å². The summed E-state index contributed by atoms with van der Waals surface area (Å²) >= 11 is 5.89. The number of fused-ring (bicyclic) bond motifs is 1. The lowest BCUT2D eigenvalue weighted by Crippen LogP contribution is -2.44. The highest BCUT2D eigenvalue weighted by Gasteiger charge is 2.30. The molecule has 0 unspecified atom stereocenters. The molecule has 0 radical (unpaired) electrons. The zero-order valence-electron chi connectivity index (χ0n) is 18.0. The number of benzene rings is 2. The van der Waals surface area contributed by atoms with Crippen LogP contribution >= 0.6 is 11.6 Å². The van der Waals surface area contributed by atoms with Crippen LogP contribution in [-0.4, -0.2) is 18.0 Å². The lowest BCUT2D eigenvalue weighted by molar-refractivity contribution is -0.112. The SMILES string of the molecule is CCN1c2cc(C)c(/C=C(/C#N)C(=O)Nc3ccc(Cl)cc3)cc2C(C)=CC1(C)C. The summed E-state index contributed by atoms with van der Waals surface area (Å²) in [5.74, 6) is -0.444. The van der Waals surface area contributed by atoms with Crippen molar-refractivity contribution in [3.8, 4) is 6.07 Å². The van der Waals surface area contributed by atoms with Crippen LogP contribution in [0.15, 0.2) is 48.0 Å². The number of nitriles is 1. The van der Waals surface area contributed by atoms with Gasteiger partial charge in [0.05, 0.1) is 5.54 Å². The van der Waals surface area contributed by atoms with E-state index in [1.54, 1.807) is 30.3 Å². The Morgan fingerprint density at radius 1 is 1.23 bits per heavy atom. The number of hydrogen-bond acceptors (Lipinski definition) is 3. The first kappa shape index (κ1) is 21.7. The molecule has 0 bridgehead atoms. The van der Waals surface area contributed by atoms with E-state index < -0.39 is 5.91 Å². The van der Waals surface area contributed by atoms with Crippen molar-refractivity contribution in [2.75, 3.05) is 16.8 Å². The van der Waals surface area contributed by atoms with Crippen molar-refractivity contribution in [2.24, 2.45) is 0 Å². The van der Waals surface area contributed by atoms with Crippen molar-refractivity contribution in [1.29, 1.82) is 5.26 Å². The average molecular weight is 420 g/mol. The van der Waals surface area contributed by atoms with E-state index in [0.29, 0.717) is 10.7 Å². The van der Waals surface area contributed by atoms with Crippen LogP contribution in [0, 0.1) is 18.3 Å². The van der Waals surface area contributed by atoms with Gasteiger partial charge >= 0.3 is 0 Å². The predicted molar refractivity (Wildman–Crippen MR) is 126 cm³/mol. The van der Waals surface area contributed by atoms with Gasteiger partial charge in [0.1, 0.15) is 11.6 Å². The molecule has 0 aliphatic carbocycles. The van der Waals surface area contributed by atoms with Crippen LogP contribution < -0.4 is 10.2 Å². The first-order valence-corrected chi connectivity index (χ1v) is 10.3. The van der Waals surface area contributed by atoms with Crippen LogP contribution in [0.1, 0.15) is 44.4 Å². The van der Waals surface area contributed by atoms with Crippen LogP contribution in [0.2, 0.25) is 5.02 Å². The van der Waals surface area contributed by atoms with E-state index >= 15 is 0 Å². The molecule has 1 amide bonds. The normalized spacial score (nSPS) is 15.2. The van der Waals surface area contributed by atoms with Crippen molar-refractivity contribution in [2.45, 2.75) is 40.2 Å².